The molecule has 30 heavy (non-hydrogen) atoms. The molecule has 0 aliphatic carbocycles. The summed E-state index contributed by atoms with van der Waals surface area (Å²) in [5.41, 5.74) is 1.93. The molecule has 10 heteroatoms. The first-order valence-corrected chi connectivity index (χ1v) is 10.8. The molecule has 5 nitrogen and oxygen atoms in total. The van der Waals surface area contributed by atoms with Crippen LogP contribution in [0.5, 0.6) is 5.75 Å². The van der Waals surface area contributed by atoms with Gasteiger partial charge in [-0.25, -0.2) is 4.98 Å². The smallest absolute Gasteiger partial charge is 0.406 e. The number of halogens is 3. The number of aromatic nitrogens is 1. The van der Waals surface area contributed by atoms with Crippen molar-refractivity contribution < 1.29 is 22.7 Å². The molecule has 1 aromatic heterocycles. The van der Waals surface area contributed by atoms with Gasteiger partial charge in [0.05, 0.1) is 6.54 Å². The SMILES string of the molecule is CSNC(=O)c1nc(N(Cc2ccccc2)c2ccc(OC(F)(F)F)cc2)sc1C. The maximum atomic E-state index is 12.5. The number of carbonyl (C=O) groups is 1. The predicted molar refractivity (Wildman–Crippen MR) is 113 cm³/mol. The third-order valence-electron chi connectivity index (χ3n) is 3.99. The van der Waals surface area contributed by atoms with Crippen molar-refractivity contribution in [3.05, 3.63) is 70.7 Å². The second-order valence-corrected chi connectivity index (χ2v) is 7.94. The van der Waals surface area contributed by atoms with Gasteiger partial charge in [0.1, 0.15) is 11.4 Å². The number of alkyl halides is 3. The van der Waals surface area contributed by atoms with Crippen LogP contribution in [0.2, 0.25) is 0 Å². The molecule has 0 spiro atoms. The summed E-state index contributed by atoms with van der Waals surface area (Å²) in [5, 5.41) is 0.562. The van der Waals surface area contributed by atoms with E-state index >= 15 is 0 Å². The van der Waals surface area contributed by atoms with Gasteiger partial charge >= 0.3 is 6.36 Å². The molecule has 1 N–H and O–H groups in total. The van der Waals surface area contributed by atoms with Crippen molar-refractivity contribution in [2.45, 2.75) is 19.8 Å². The molecule has 158 valence electrons. The average Bonchev–Trinajstić information content (AvgIpc) is 3.08. The predicted octanol–water partition coefficient (Wildman–Crippen LogP) is 5.70. The number of hydrogen-bond donors (Lipinski definition) is 1. The first kappa shape index (κ1) is 22.0. The van der Waals surface area contributed by atoms with Gasteiger partial charge in [0.2, 0.25) is 0 Å². The fourth-order valence-corrected chi connectivity index (χ4v) is 3.92. The van der Waals surface area contributed by atoms with Crippen molar-refractivity contribution in [1.29, 1.82) is 0 Å². The number of hydrogen-bond acceptors (Lipinski definition) is 6. The zero-order valence-corrected chi connectivity index (χ0v) is 17.7. The molecular formula is C20H18F3N3O2S2. The van der Waals surface area contributed by atoms with Crippen molar-refractivity contribution in [3.8, 4) is 5.75 Å². The van der Waals surface area contributed by atoms with Gasteiger partial charge < -0.3 is 9.64 Å². The number of thiazole rings is 1. The van der Waals surface area contributed by atoms with Gasteiger partial charge in [-0.05, 0) is 36.8 Å². The molecular weight excluding hydrogens is 435 g/mol. The molecule has 1 amide bonds. The second-order valence-electron chi connectivity index (χ2n) is 6.15. The Bertz CT molecular complexity index is 993. The summed E-state index contributed by atoms with van der Waals surface area (Å²) in [5.74, 6) is -0.600. The molecule has 0 fully saturated rings. The van der Waals surface area contributed by atoms with E-state index in [2.05, 4.69) is 14.4 Å². The molecule has 0 atom stereocenters. The number of benzene rings is 2. The number of carbonyl (C=O) groups excluding carboxylic acids is 1. The second kappa shape index (κ2) is 9.40. The van der Waals surface area contributed by atoms with E-state index in [9.17, 15) is 18.0 Å². The Hall–Kier alpha value is -2.72. The van der Waals surface area contributed by atoms with E-state index in [4.69, 9.17) is 0 Å². The third-order valence-corrected chi connectivity index (χ3v) is 5.37. The first-order chi connectivity index (χ1) is 14.3. The van der Waals surface area contributed by atoms with Gasteiger partial charge in [-0.15, -0.1) is 24.5 Å². The normalized spacial score (nSPS) is 11.2. The van der Waals surface area contributed by atoms with E-state index < -0.39 is 6.36 Å². The summed E-state index contributed by atoms with van der Waals surface area (Å²) in [6.45, 7) is 2.23. The van der Waals surface area contributed by atoms with Crippen LogP contribution < -0.4 is 14.4 Å². The lowest BCUT2D eigenvalue weighted by atomic mass is 10.2. The van der Waals surface area contributed by atoms with Crippen molar-refractivity contribution in [1.82, 2.24) is 9.71 Å². The molecule has 0 unspecified atom stereocenters. The molecule has 2 aromatic carbocycles. The van der Waals surface area contributed by atoms with Crippen LogP contribution in [0.15, 0.2) is 54.6 Å². The molecule has 0 radical (unpaired) electrons. The topological polar surface area (TPSA) is 54.5 Å². The lowest BCUT2D eigenvalue weighted by Gasteiger charge is -2.22. The minimum atomic E-state index is -4.75. The number of aryl methyl sites for hydroxylation is 1. The van der Waals surface area contributed by atoms with Crippen LogP contribution in [0.1, 0.15) is 20.9 Å². The highest BCUT2D eigenvalue weighted by molar-refractivity contribution is 7.97. The van der Waals surface area contributed by atoms with Crippen molar-refractivity contribution >= 4 is 40.0 Å². The van der Waals surface area contributed by atoms with E-state index in [0.29, 0.717) is 23.1 Å². The van der Waals surface area contributed by atoms with Crippen LogP contribution in [0.25, 0.3) is 0 Å². The Morgan fingerprint density at radius 2 is 1.83 bits per heavy atom. The highest BCUT2D eigenvalue weighted by Gasteiger charge is 2.31. The van der Waals surface area contributed by atoms with Crippen molar-refractivity contribution in [3.63, 3.8) is 0 Å². The maximum Gasteiger partial charge on any atom is 0.573 e. The molecule has 3 rings (SSSR count). The minimum absolute atomic E-state index is 0.295. The largest absolute Gasteiger partial charge is 0.573 e. The Morgan fingerprint density at radius 3 is 2.43 bits per heavy atom. The van der Waals surface area contributed by atoms with E-state index in [1.54, 1.807) is 13.2 Å². The number of nitrogens with one attached hydrogen (secondary N) is 1. The van der Waals surface area contributed by atoms with Crippen LogP contribution >= 0.6 is 23.3 Å². The standard InChI is InChI=1S/C20H18F3N3O2S2/c1-13-17(18(27)25-29-2)24-19(30-13)26(12-14-6-4-3-5-7-14)15-8-10-16(11-9-15)28-20(21,22)23/h3-11H,12H2,1-2H3,(H,25,27). The van der Waals surface area contributed by atoms with Crippen molar-refractivity contribution in [2.75, 3.05) is 11.2 Å². The summed E-state index contributed by atoms with van der Waals surface area (Å²) in [7, 11) is 0. The van der Waals surface area contributed by atoms with Crippen LogP contribution in [0.3, 0.4) is 0 Å². The molecule has 0 aliphatic rings. The van der Waals surface area contributed by atoms with Crippen LogP contribution in [0, 0.1) is 6.92 Å². The summed E-state index contributed by atoms with van der Waals surface area (Å²) in [6, 6.07) is 15.1. The molecule has 0 aliphatic heterocycles. The highest BCUT2D eigenvalue weighted by atomic mass is 32.2. The van der Waals surface area contributed by atoms with Gasteiger partial charge in [-0.2, -0.15) is 0 Å². The van der Waals surface area contributed by atoms with Crippen LogP contribution in [-0.2, 0) is 6.54 Å². The number of ether oxygens (including phenoxy) is 1. The monoisotopic (exact) mass is 453 g/mol. The zero-order chi connectivity index (χ0) is 21.7. The van der Waals surface area contributed by atoms with E-state index in [1.165, 1.54) is 47.6 Å². The van der Waals surface area contributed by atoms with Gasteiger partial charge in [0.15, 0.2) is 5.13 Å². The van der Waals surface area contributed by atoms with Gasteiger partial charge in [-0.1, -0.05) is 42.3 Å². The molecule has 0 bridgehead atoms. The number of rotatable bonds is 7. The van der Waals surface area contributed by atoms with E-state index in [-0.39, 0.29) is 11.7 Å². The Labute approximate surface area is 180 Å². The molecule has 3 aromatic rings. The summed E-state index contributed by atoms with van der Waals surface area (Å²) in [6.07, 6.45) is -3.01. The minimum Gasteiger partial charge on any atom is -0.406 e. The van der Waals surface area contributed by atoms with E-state index in [0.717, 1.165) is 10.4 Å². The maximum absolute atomic E-state index is 12.5. The fraction of sp³-hybridized carbons (Fsp3) is 0.200. The summed E-state index contributed by atoms with van der Waals surface area (Å²) < 4.78 is 44.0. The molecule has 0 saturated carbocycles. The molecule has 1 heterocycles. The highest BCUT2D eigenvalue weighted by Crippen LogP contribution is 2.34. The fourth-order valence-electron chi connectivity index (χ4n) is 2.71. The van der Waals surface area contributed by atoms with Crippen LogP contribution in [0.4, 0.5) is 24.0 Å². The van der Waals surface area contributed by atoms with Gasteiger partial charge in [-0.3, -0.25) is 9.52 Å². The quantitative estimate of drug-likeness (QED) is 0.466. The van der Waals surface area contributed by atoms with Crippen LogP contribution in [-0.4, -0.2) is 23.5 Å². The van der Waals surface area contributed by atoms with Gasteiger partial charge in [0, 0.05) is 16.8 Å². The van der Waals surface area contributed by atoms with Gasteiger partial charge in [0.25, 0.3) is 5.91 Å². The average molecular weight is 454 g/mol. The van der Waals surface area contributed by atoms with Crippen molar-refractivity contribution in [2.24, 2.45) is 0 Å². The Balaban J connectivity index is 1.95. The lowest BCUT2D eigenvalue weighted by Crippen LogP contribution is -2.19. The number of amides is 1. The Kier molecular flexibility index (Phi) is 6.88. The lowest BCUT2D eigenvalue weighted by molar-refractivity contribution is -0.274. The summed E-state index contributed by atoms with van der Waals surface area (Å²) in [4.78, 5) is 19.3. The summed E-state index contributed by atoms with van der Waals surface area (Å²) >= 11 is 2.52. The number of nitrogens with zero attached hydrogens (tertiary/aromatic N) is 2. The first-order valence-electron chi connectivity index (χ1n) is 8.75. The zero-order valence-electron chi connectivity index (χ0n) is 16.1. The molecule has 0 saturated heterocycles. The van der Waals surface area contributed by atoms with E-state index in [1.807, 2.05) is 35.2 Å². The Morgan fingerprint density at radius 1 is 1.17 bits per heavy atom. The third kappa shape index (κ3) is 5.67. The number of anilines is 2.